The minimum Gasteiger partial charge on any atom is -0.619 e. The van der Waals surface area contributed by atoms with Gasteiger partial charge in [-0.2, -0.15) is 4.73 Å². The van der Waals surface area contributed by atoms with Crippen molar-refractivity contribution in [2.45, 2.75) is 6.92 Å². The number of rotatable bonds is 4. The first-order valence-electron chi connectivity index (χ1n) is 5.70. The molecule has 7 heteroatoms. The van der Waals surface area contributed by atoms with Gasteiger partial charge in [0, 0.05) is 24.7 Å². The number of esters is 1. The topological polar surface area (TPSA) is 78.2 Å². The van der Waals surface area contributed by atoms with Crippen LogP contribution in [0.5, 0.6) is 0 Å². The Morgan fingerprint density at radius 3 is 2.79 bits per heavy atom. The molecule has 100 valence electrons. The second-order valence-corrected chi connectivity index (χ2v) is 4.61. The lowest BCUT2D eigenvalue weighted by molar-refractivity contribution is -0.605. The van der Waals surface area contributed by atoms with E-state index in [1.54, 1.807) is 26.1 Å². The highest BCUT2D eigenvalue weighted by Gasteiger charge is 2.20. The lowest BCUT2D eigenvalue weighted by atomic mass is 10.2. The maximum absolute atomic E-state index is 11.9. The molecule has 2 rings (SSSR count). The highest BCUT2D eigenvalue weighted by Crippen LogP contribution is 2.32. The molecule has 2 aromatic heterocycles. The molecule has 0 aliphatic carbocycles. The first kappa shape index (κ1) is 13.3. The molecule has 19 heavy (non-hydrogen) atoms. The van der Waals surface area contributed by atoms with Crippen molar-refractivity contribution >= 4 is 22.4 Å². The van der Waals surface area contributed by atoms with Crippen LogP contribution < -0.4 is 10.0 Å². The molecule has 6 nitrogen and oxygen atoms in total. The van der Waals surface area contributed by atoms with Gasteiger partial charge in [0.1, 0.15) is 0 Å². The van der Waals surface area contributed by atoms with E-state index in [4.69, 9.17) is 4.74 Å². The molecule has 0 fully saturated rings. The Hall–Kier alpha value is -2.15. The number of pyridine rings is 1. The van der Waals surface area contributed by atoms with Gasteiger partial charge in [0.2, 0.25) is 0 Å². The van der Waals surface area contributed by atoms with Crippen molar-refractivity contribution in [3.8, 4) is 10.4 Å². The summed E-state index contributed by atoms with van der Waals surface area (Å²) in [6, 6.07) is 3.28. The summed E-state index contributed by atoms with van der Waals surface area (Å²) in [5.74, 6) is -0.464. The number of aromatic nitrogens is 2. The summed E-state index contributed by atoms with van der Waals surface area (Å²) in [5.41, 5.74) is 1.02. The maximum atomic E-state index is 11.9. The number of carbonyl (C=O) groups is 1. The van der Waals surface area contributed by atoms with E-state index in [-0.39, 0.29) is 5.69 Å². The number of thiazole rings is 1. The monoisotopic (exact) mass is 279 g/mol. The number of carbonyl (C=O) groups excluding carboxylic acids is 1. The molecule has 0 aromatic carbocycles. The van der Waals surface area contributed by atoms with E-state index in [1.165, 1.54) is 23.7 Å². The molecule has 0 unspecified atom stereocenters. The van der Waals surface area contributed by atoms with Crippen LogP contribution in [0.2, 0.25) is 0 Å². The fourth-order valence-electron chi connectivity index (χ4n) is 1.52. The number of hydrogen-bond acceptors (Lipinski definition) is 6. The van der Waals surface area contributed by atoms with E-state index in [9.17, 15) is 10.0 Å². The van der Waals surface area contributed by atoms with Crippen molar-refractivity contribution in [1.82, 2.24) is 4.98 Å². The number of nitrogens with zero attached hydrogens (tertiary/aromatic N) is 2. The zero-order chi connectivity index (χ0) is 13.8. The molecule has 0 saturated carbocycles. The first-order valence-corrected chi connectivity index (χ1v) is 6.52. The largest absolute Gasteiger partial charge is 0.619 e. The highest BCUT2D eigenvalue weighted by atomic mass is 32.1. The molecule has 0 spiro atoms. The predicted octanol–water partition coefficient (Wildman–Crippen LogP) is 1.66. The lowest BCUT2D eigenvalue weighted by Gasteiger charge is -2.02. The Morgan fingerprint density at radius 1 is 1.53 bits per heavy atom. The second kappa shape index (κ2) is 5.66. The van der Waals surface area contributed by atoms with E-state index in [1.807, 2.05) is 0 Å². The van der Waals surface area contributed by atoms with Gasteiger partial charge in [-0.1, -0.05) is 11.3 Å². The molecule has 0 atom stereocenters. The summed E-state index contributed by atoms with van der Waals surface area (Å²) in [7, 11) is 1.73. The molecular formula is C12H13N3O3S. The summed E-state index contributed by atoms with van der Waals surface area (Å²) < 4.78 is 5.67. The third-order valence-electron chi connectivity index (χ3n) is 2.37. The van der Waals surface area contributed by atoms with E-state index < -0.39 is 5.97 Å². The quantitative estimate of drug-likeness (QED) is 0.523. The Bertz CT molecular complexity index is 580. The smallest absolute Gasteiger partial charge is 0.358 e. The van der Waals surface area contributed by atoms with Crippen LogP contribution in [0.4, 0.5) is 5.13 Å². The third-order valence-corrected chi connectivity index (χ3v) is 3.50. The van der Waals surface area contributed by atoms with Crippen molar-refractivity contribution in [2.75, 3.05) is 19.0 Å². The molecule has 1 N–H and O–H groups in total. The van der Waals surface area contributed by atoms with Gasteiger partial charge in [-0.3, -0.25) is 0 Å². The van der Waals surface area contributed by atoms with Crippen molar-refractivity contribution in [2.24, 2.45) is 0 Å². The summed E-state index contributed by atoms with van der Waals surface area (Å²) in [6.07, 6.45) is 2.76. The van der Waals surface area contributed by atoms with E-state index in [0.29, 0.717) is 21.3 Å². The molecule has 0 saturated heterocycles. The zero-order valence-corrected chi connectivity index (χ0v) is 11.4. The van der Waals surface area contributed by atoms with Gasteiger partial charge in [0.25, 0.3) is 0 Å². The van der Waals surface area contributed by atoms with Gasteiger partial charge in [-0.15, -0.1) is 0 Å². The number of ether oxygens (including phenoxy) is 1. The lowest BCUT2D eigenvalue weighted by Crippen LogP contribution is -2.23. The van der Waals surface area contributed by atoms with Gasteiger partial charge in [-0.25, -0.2) is 9.78 Å². The van der Waals surface area contributed by atoms with Gasteiger partial charge in [-0.05, 0) is 6.92 Å². The Balaban J connectivity index is 2.46. The molecule has 0 amide bonds. The average Bonchev–Trinajstić information content (AvgIpc) is 2.84. The third kappa shape index (κ3) is 2.82. The predicted molar refractivity (Wildman–Crippen MR) is 72.0 cm³/mol. The minimum absolute atomic E-state index is 0.264. The summed E-state index contributed by atoms with van der Waals surface area (Å²) in [5, 5.41) is 14.6. The van der Waals surface area contributed by atoms with Crippen LogP contribution in [0.15, 0.2) is 24.5 Å². The van der Waals surface area contributed by atoms with Crippen LogP contribution in [0.3, 0.4) is 0 Å². The van der Waals surface area contributed by atoms with Gasteiger partial charge < -0.3 is 15.3 Å². The van der Waals surface area contributed by atoms with Gasteiger partial charge >= 0.3 is 5.97 Å². The maximum Gasteiger partial charge on any atom is 0.358 e. The molecule has 0 radical (unpaired) electrons. The van der Waals surface area contributed by atoms with E-state index in [0.717, 1.165) is 5.56 Å². The van der Waals surface area contributed by atoms with E-state index >= 15 is 0 Å². The van der Waals surface area contributed by atoms with Crippen molar-refractivity contribution in [1.29, 1.82) is 0 Å². The van der Waals surface area contributed by atoms with Crippen molar-refractivity contribution in [3.63, 3.8) is 0 Å². The number of nitrogens with one attached hydrogen (secondary N) is 1. The van der Waals surface area contributed by atoms with Crippen LogP contribution in [-0.2, 0) is 4.74 Å². The van der Waals surface area contributed by atoms with E-state index in [2.05, 4.69) is 10.3 Å². The first-order chi connectivity index (χ1) is 9.15. The fraction of sp³-hybridized carbons (Fsp3) is 0.250. The molecule has 2 aromatic rings. The molecule has 0 aliphatic rings. The van der Waals surface area contributed by atoms with Crippen LogP contribution in [0.1, 0.15) is 17.4 Å². The van der Waals surface area contributed by atoms with Crippen LogP contribution >= 0.6 is 11.3 Å². The molecule has 2 heterocycles. The number of anilines is 1. The summed E-state index contributed by atoms with van der Waals surface area (Å²) in [6.45, 7) is 2.03. The van der Waals surface area contributed by atoms with Crippen LogP contribution in [0.25, 0.3) is 10.4 Å². The molecule has 0 bridgehead atoms. The minimum atomic E-state index is -0.464. The average molecular weight is 279 g/mol. The SMILES string of the molecule is CCOC(=O)c1nc(NC)sc1-c1cc[n+]([O-])cc1. The van der Waals surface area contributed by atoms with Crippen molar-refractivity contribution in [3.05, 3.63) is 35.4 Å². The van der Waals surface area contributed by atoms with Crippen LogP contribution in [-0.4, -0.2) is 24.6 Å². The zero-order valence-electron chi connectivity index (χ0n) is 10.5. The van der Waals surface area contributed by atoms with Crippen molar-refractivity contribution < 1.29 is 14.3 Å². The normalized spacial score (nSPS) is 10.2. The molecule has 0 aliphatic heterocycles. The second-order valence-electron chi connectivity index (χ2n) is 3.61. The summed E-state index contributed by atoms with van der Waals surface area (Å²) in [4.78, 5) is 16.7. The molecular weight excluding hydrogens is 266 g/mol. The Kier molecular flexibility index (Phi) is 3.96. The van der Waals surface area contributed by atoms with Gasteiger partial charge in [0.15, 0.2) is 23.2 Å². The number of hydrogen-bond donors (Lipinski definition) is 1. The highest BCUT2D eigenvalue weighted by molar-refractivity contribution is 7.19. The summed E-state index contributed by atoms with van der Waals surface area (Å²) >= 11 is 1.34. The van der Waals surface area contributed by atoms with Gasteiger partial charge in [0.05, 0.1) is 11.5 Å². The Morgan fingerprint density at radius 2 is 2.21 bits per heavy atom. The fourth-order valence-corrected chi connectivity index (χ4v) is 2.44. The standard InChI is InChI=1S/C12H13N3O3S/c1-3-18-11(16)9-10(19-12(13-2)14-9)8-4-6-15(17)7-5-8/h4-7H,3H2,1-2H3,(H,13,14). The Labute approximate surface area is 114 Å². The van der Waals surface area contributed by atoms with Crippen LogP contribution in [0, 0.1) is 5.21 Å².